The zero-order valence-corrected chi connectivity index (χ0v) is 72.2. The van der Waals surface area contributed by atoms with Crippen LogP contribution >= 0.6 is 23.2 Å². The summed E-state index contributed by atoms with van der Waals surface area (Å²) in [7, 11) is 9.80. The number of esters is 3. The average molecular weight is 1670 g/mol. The van der Waals surface area contributed by atoms with Crippen molar-refractivity contribution in [2.45, 2.75) is 189 Å². The Hall–Kier alpha value is -11.0. The van der Waals surface area contributed by atoms with Crippen LogP contribution in [0.25, 0.3) is 0 Å². The number of methoxy groups -OCH3 is 4. The maximum absolute atomic E-state index is 15.9. The summed E-state index contributed by atoms with van der Waals surface area (Å²) < 4.78 is 97.1. The second-order valence-electron chi connectivity index (χ2n) is 31.0. The van der Waals surface area contributed by atoms with Crippen LogP contribution < -0.4 is 40.2 Å². The van der Waals surface area contributed by atoms with Gasteiger partial charge in [0.15, 0.2) is 5.78 Å². The van der Waals surface area contributed by atoms with E-state index in [2.05, 4.69) is 15.0 Å². The summed E-state index contributed by atoms with van der Waals surface area (Å²) >= 11 is 12.0. The van der Waals surface area contributed by atoms with Gasteiger partial charge in [0.05, 0.1) is 58.3 Å². The number of ether oxygens (including phenoxy) is 7. The molecule has 9 aromatic rings. The molecule has 6 aromatic carbocycles. The fourth-order valence-corrected chi connectivity index (χ4v) is 12.9. The van der Waals surface area contributed by atoms with Gasteiger partial charge in [0, 0.05) is 79.1 Å². The molecule has 0 unspecified atom stereocenters. The van der Waals surface area contributed by atoms with E-state index in [-0.39, 0.29) is 109 Å². The molecule has 0 radical (unpaired) electrons. The van der Waals surface area contributed by atoms with Crippen LogP contribution in [-0.2, 0) is 41.7 Å². The van der Waals surface area contributed by atoms with Crippen LogP contribution in [0.15, 0.2) is 158 Å². The first-order valence-electron chi connectivity index (χ1n) is 38.6. The Balaban J connectivity index is 0.000000255. The molecule has 0 aliphatic rings. The Kier molecular flexibility index (Phi) is 35.8. The average Bonchev–Trinajstić information content (AvgIpc) is 0.797. The maximum Gasteiger partial charge on any atom is 0.306 e. The molecule has 0 aliphatic carbocycles. The molecule has 20 nitrogen and oxygen atoms in total. The van der Waals surface area contributed by atoms with Gasteiger partial charge in [0.1, 0.15) is 91.7 Å². The minimum atomic E-state index is -0.724. The number of carbonyl (C=O) groups is 6. The van der Waals surface area contributed by atoms with Gasteiger partial charge in [-0.1, -0.05) is 99.4 Å². The summed E-state index contributed by atoms with van der Waals surface area (Å²) in [5, 5.41) is 0.359. The molecule has 0 amide bonds. The van der Waals surface area contributed by atoms with Gasteiger partial charge in [-0.15, -0.1) is 0 Å². The third-order valence-electron chi connectivity index (χ3n) is 18.6. The van der Waals surface area contributed by atoms with E-state index in [9.17, 15) is 37.5 Å². The van der Waals surface area contributed by atoms with Crippen LogP contribution in [0.3, 0.4) is 0 Å². The molecule has 632 valence electrons. The van der Waals surface area contributed by atoms with Crippen molar-refractivity contribution in [3.05, 3.63) is 258 Å². The molecule has 4 N–H and O–H groups in total. The maximum atomic E-state index is 15.9. The number of halogens is 6. The highest BCUT2D eigenvalue weighted by molar-refractivity contribution is 6.35. The first-order chi connectivity index (χ1) is 55.6. The molecular weight excluding hydrogens is 1560 g/mol. The number of hydrogen-bond donors (Lipinski definition) is 2. The quantitative estimate of drug-likeness (QED) is 0.0183. The van der Waals surface area contributed by atoms with E-state index in [1.165, 1.54) is 63.1 Å². The number of anilines is 3. The Morgan fingerprint density at radius 2 is 0.771 bits per heavy atom. The summed E-state index contributed by atoms with van der Waals surface area (Å²) in [5.41, 5.74) is 13.2. The zero-order valence-electron chi connectivity index (χ0n) is 70.7. The van der Waals surface area contributed by atoms with Crippen molar-refractivity contribution in [3.8, 4) is 23.0 Å². The first kappa shape index (κ1) is 95.9. The van der Waals surface area contributed by atoms with Gasteiger partial charge < -0.3 is 54.4 Å². The monoisotopic (exact) mass is 1670 g/mol. The van der Waals surface area contributed by atoms with E-state index < -0.39 is 81.4 Å². The third-order valence-corrected chi connectivity index (χ3v) is 19.2. The van der Waals surface area contributed by atoms with Crippen LogP contribution in [0.4, 0.5) is 35.0 Å². The fraction of sp³-hybridized carbons (Fsp3) is 0.380. The molecule has 0 spiro atoms. The predicted octanol–water partition coefficient (Wildman–Crippen LogP) is 20.5. The van der Waals surface area contributed by atoms with Crippen LogP contribution in [0.2, 0.25) is 10.0 Å². The topological polar surface area (TPSA) is 264 Å². The third kappa shape index (κ3) is 27.9. The van der Waals surface area contributed by atoms with E-state index in [1.54, 1.807) is 116 Å². The van der Waals surface area contributed by atoms with Crippen molar-refractivity contribution in [1.29, 1.82) is 0 Å². The summed E-state index contributed by atoms with van der Waals surface area (Å²) in [6.45, 7) is 24.8. The summed E-state index contributed by atoms with van der Waals surface area (Å²) in [4.78, 5) is 92.6. The van der Waals surface area contributed by atoms with E-state index in [0.717, 1.165) is 22.6 Å². The van der Waals surface area contributed by atoms with E-state index in [1.807, 2.05) is 121 Å². The van der Waals surface area contributed by atoms with Gasteiger partial charge in [-0.2, -0.15) is 0 Å². The number of nitrogen functional groups attached to an aromatic ring is 1. The number of ketones is 3. The van der Waals surface area contributed by atoms with Gasteiger partial charge in [-0.05, 0) is 225 Å². The van der Waals surface area contributed by atoms with Gasteiger partial charge in [-0.3, -0.25) is 28.8 Å². The largest absolute Gasteiger partial charge is 0.497 e. The first-order valence-corrected chi connectivity index (χ1v) is 39.4. The number of nitrogens with two attached hydrogens (primary N) is 2. The fourth-order valence-electron chi connectivity index (χ4n) is 12.5. The lowest BCUT2D eigenvalue weighted by Crippen LogP contribution is -2.25. The Labute approximate surface area is 700 Å². The molecule has 118 heavy (non-hydrogen) atoms. The standard InChI is InChI=1S/C31H37FN2O5.C30H34ClFN2O4.C16H18FN3O2.C15H20ClFO2/c1-8-21(17-27(35)39-31(2,3)4)24-14-15-25(38-7)28(29(24)32)30(36)22-11-16-26(33-18-22)34(5)19-20-9-12-23(37-6)13-10-20;1-7-20(16-26(35)38-30(2,3)4)23-13-14-24(31)27(28(23)32)29(36)21-10-15-25(33-17-21)34(5)18-19-8-11-22(37-6)12-9-19;1-3-11(18)10-5-6-12(22-2)14(15(10)17)16(21)9-4-7-13(19)20-8-9;1-5-10(8-14(18)19-15(2,3)4)12-7-6-11(16)9-13(12)17/h9-16,18,21H,8,17,19H2,1-7H3;8-15,17,20H,7,16,18H2,1-6H3;4-8,11H,3,18H2,1-2H3,(H2,19,20);6-7,9-10H,5,8H2,1-4H3/t21-;20-;11-;10-/m0010/s1. The van der Waals surface area contributed by atoms with Gasteiger partial charge in [0.2, 0.25) is 11.6 Å². The number of hydrogen-bond acceptors (Lipinski definition) is 20. The molecule has 3 heterocycles. The van der Waals surface area contributed by atoms with Gasteiger partial charge in [-0.25, -0.2) is 32.5 Å². The van der Waals surface area contributed by atoms with E-state index >= 15 is 8.78 Å². The number of pyridine rings is 3. The van der Waals surface area contributed by atoms with Gasteiger partial charge >= 0.3 is 17.9 Å². The molecule has 9 rings (SSSR count). The number of nitrogens with zero attached hydrogens (tertiary/aromatic N) is 5. The lowest BCUT2D eigenvalue weighted by Gasteiger charge is -2.23. The SMILES string of the molecule is CC[C@@H](CC(=O)OC(C)(C)C)c1ccc(Cl)c(C(=O)c2ccc(N(C)Cc3ccc(OC)cc3)nc2)c1F.CC[C@@H](CC(=O)OC(C)(C)C)c1ccc(Cl)cc1F.CC[C@@H](CC(=O)OC(C)(C)C)c1ccc(OC)c(C(=O)c2ccc(N(C)Cc3ccc(OC)cc3)nc2)c1F.CC[C@@H](N)c1ccc(OC)c(C(=O)c2ccc(N)nc2)c1F. The molecule has 0 aliphatic heterocycles. The minimum absolute atomic E-state index is 0.00142. The highest BCUT2D eigenvalue weighted by atomic mass is 35.5. The second-order valence-corrected chi connectivity index (χ2v) is 31.8. The number of rotatable bonds is 30. The highest BCUT2D eigenvalue weighted by Gasteiger charge is 2.32. The highest BCUT2D eigenvalue weighted by Crippen LogP contribution is 2.38. The molecule has 0 saturated carbocycles. The molecular formula is C92H109Cl2F4N7O13. The number of aromatic nitrogens is 3. The van der Waals surface area contributed by atoms with Crippen LogP contribution in [-0.4, -0.2) is 110 Å². The van der Waals surface area contributed by atoms with Crippen molar-refractivity contribution < 1.29 is 79.5 Å². The Bertz CT molecular complexity index is 4870. The van der Waals surface area contributed by atoms with Crippen LogP contribution in [0.5, 0.6) is 23.0 Å². The van der Waals surface area contributed by atoms with Crippen molar-refractivity contribution >= 4 is 75.9 Å². The smallest absolute Gasteiger partial charge is 0.306 e. The Morgan fingerprint density at radius 3 is 1.11 bits per heavy atom. The minimum Gasteiger partial charge on any atom is -0.497 e. The molecule has 0 bridgehead atoms. The summed E-state index contributed by atoms with van der Waals surface area (Å²) in [6, 6.07) is 38.4. The van der Waals surface area contributed by atoms with Crippen LogP contribution in [0, 0.1) is 23.3 Å². The van der Waals surface area contributed by atoms with Crippen molar-refractivity contribution in [2.75, 3.05) is 58.1 Å². The molecule has 0 fully saturated rings. The molecule has 3 aromatic heterocycles. The van der Waals surface area contributed by atoms with Crippen molar-refractivity contribution in [3.63, 3.8) is 0 Å². The van der Waals surface area contributed by atoms with Crippen molar-refractivity contribution in [2.24, 2.45) is 5.73 Å². The lowest BCUT2D eigenvalue weighted by molar-refractivity contribution is -0.156. The second kappa shape index (κ2) is 44.0. The predicted molar refractivity (Wildman–Crippen MR) is 454 cm³/mol. The summed E-state index contributed by atoms with van der Waals surface area (Å²) in [6.07, 6.45) is 6.54. The zero-order chi connectivity index (χ0) is 87.7. The van der Waals surface area contributed by atoms with Gasteiger partial charge in [0.25, 0.3) is 0 Å². The molecule has 0 saturated heterocycles. The Morgan fingerprint density at radius 1 is 0.424 bits per heavy atom. The van der Waals surface area contributed by atoms with Crippen LogP contribution in [0.1, 0.15) is 240 Å². The number of carbonyl (C=O) groups excluding carboxylic acids is 6. The summed E-state index contributed by atoms with van der Waals surface area (Å²) in [5.74, 6) is -2.91. The van der Waals surface area contributed by atoms with E-state index in [4.69, 9.17) is 67.8 Å². The molecule has 4 atom stereocenters. The van der Waals surface area contributed by atoms with E-state index in [0.29, 0.717) is 61.0 Å². The lowest BCUT2D eigenvalue weighted by atomic mass is 9.89. The molecule has 26 heteroatoms. The normalized spacial score (nSPS) is 12.2. The van der Waals surface area contributed by atoms with Crippen molar-refractivity contribution in [1.82, 2.24) is 15.0 Å². The number of benzene rings is 6.